The highest BCUT2D eigenvalue weighted by Crippen LogP contribution is 2.19. The van der Waals surface area contributed by atoms with Crippen molar-refractivity contribution in [3.05, 3.63) is 41.8 Å². The Balaban J connectivity index is 1.77. The first kappa shape index (κ1) is 13.8. The number of fused-ring (bicyclic) bond motifs is 1. The number of hydrogen-bond donors (Lipinski definition) is 2. The van der Waals surface area contributed by atoms with Crippen LogP contribution in [0.2, 0.25) is 0 Å². The van der Waals surface area contributed by atoms with Gasteiger partial charge in [0.2, 0.25) is 5.89 Å². The molecule has 6 heteroatoms. The van der Waals surface area contributed by atoms with Crippen LogP contribution in [0.1, 0.15) is 43.2 Å². The number of aromatic amines is 1. The van der Waals surface area contributed by atoms with E-state index in [1.165, 1.54) is 0 Å². The van der Waals surface area contributed by atoms with Crippen molar-refractivity contribution in [2.24, 2.45) is 5.73 Å². The lowest BCUT2D eigenvalue weighted by atomic mass is 10.0. The monoisotopic (exact) mass is 285 g/mol. The van der Waals surface area contributed by atoms with Gasteiger partial charge in [0.05, 0.1) is 23.4 Å². The number of para-hydroxylation sites is 2. The topological polar surface area (TPSA) is 93.6 Å². The maximum Gasteiger partial charge on any atom is 0.231 e. The van der Waals surface area contributed by atoms with Crippen LogP contribution < -0.4 is 5.73 Å². The largest absolute Gasteiger partial charge is 0.342 e. The summed E-state index contributed by atoms with van der Waals surface area (Å²) in [6.45, 7) is 2.65. The molecule has 0 bridgehead atoms. The molecule has 110 valence electrons. The van der Waals surface area contributed by atoms with E-state index >= 15 is 0 Å². The molecule has 1 aromatic carbocycles. The Bertz CT molecular complexity index is 685. The van der Waals surface area contributed by atoms with Gasteiger partial charge in [-0.05, 0) is 18.6 Å². The van der Waals surface area contributed by atoms with Crippen molar-refractivity contribution in [2.45, 2.75) is 32.1 Å². The fourth-order valence-corrected chi connectivity index (χ4v) is 2.43. The number of rotatable bonds is 6. The summed E-state index contributed by atoms with van der Waals surface area (Å²) in [4.78, 5) is 12.2. The first-order chi connectivity index (χ1) is 10.3. The predicted octanol–water partition coefficient (Wildman–Crippen LogP) is 2.38. The number of nitrogens with zero attached hydrogens (tertiary/aromatic N) is 3. The number of nitrogens with two attached hydrogens (primary N) is 1. The van der Waals surface area contributed by atoms with E-state index in [2.05, 4.69) is 27.0 Å². The molecule has 3 rings (SSSR count). The molecule has 3 N–H and O–H groups in total. The molecular weight excluding hydrogens is 266 g/mol. The smallest absolute Gasteiger partial charge is 0.231 e. The molecule has 2 aromatic heterocycles. The number of hydrogen-bond acceptors (Lipinski definition) is 5. The van der Waals surface area contributed by atoms with Gasteiger partial charge in [-0.25, -0.2) is 4.98 Å². The molecule has 2 heterocycles. The first-order valence-corrected chi connectivity index (χ1v) is 7.26. The Morgan fingerprint density at radius 1 is 1.29 bits per heavy atom. The van der Waals surface area contributed by atoms with Gasteiger partial charge in [0.1, 0.15) is 5.82 Å². The van der Waals surface area contributed by atoms with Crippen LogP contribution in [0.4, 0.5) is 0 Å². The van der Waals surface area contributed by atoms with Gasteiger partial charge in [-0.3, -0.25) is 0 Å². The quantitative estimate of drug-likeness (QED) is 0.725. The molecular formula is C15H19N5O. The van der Waals surface area contributed by atoms with Crippen molar-refractivity contribution in [1.29, 1.82) is 0 Å². The summed E-state index contributed by atoms with van der Waals surface area (Å²) in [5.41, 5.74) is 7.72. The molecule has 0 saturated carbocycles. The third-order valence-electron chi connectivity index (χ3n) is 3.52. The highest BCUT2D eigenvalue weighted by atomic mass is 16.5. The minimum atomic E-state index is 0.145. The van der Waals surface area contributed by atoms with Gasteiger partial charge in [0.25, 0.3) is 0 Å². The minimum absolute atomic E-state index is 0.145. The molecule has 0 spiro atoms. The number of aromatic nitrogens is 4. The average molecular weight is 285 g/mol. The predicted molar refractivity (Wildman–Crippen MR) is 79.9 cm³/mol. The van der Waals surface area contributed by atoms with E-state index in [0.29, 0.717) is 24.7 Å². The van der Waals surface area contributed by atoms with E-state index in [-0.39, 0.29) is 5.92 Å². The zero-order valence-electron chi connectivity index (χ0n) is 12.0. The Kier molecular flexibility index (Phi) is 3.96. The number of H-pyrrole nitrogens is 1. The normalized spacial score (nSPS) is 12.9. The van der Waals surface area contributed by atoms with Gasteiger partial charge < -0.3 is 15.2 Å². The van der Waals surface area contributed by atoms with Gasteiger partial charge in [-0.1, -0.05) is 30.6 Å². The standard InChI is InChI=1S/C15H19N5O/c1-2-5-10(9-16)15-19-14(20-21-15)8-13-17-11-6-3-4-7-12(11)18-13/h3-4,6-7,10H,2,5,8-9,16H2,1H3,(H,17,18). The zero-order valence-corrected chi connectivity index (χ0v) is 12.0. The fourth-order valence-electron chi connectivity index (χ4n) is 2.43. The molecule has 0 saturated heterocycles. The van der Waals surface area contributed by atoms with Gasteiger partial charge in [0.15, 0.2) is 5.82 Å². The Hall–Kier alpha value is -2.21. The second kappa shape index (κ2) is 6.05. The van der Waals surface area contributed by atoms with Crippen LogP contribution >= 0.6 is 0 Å². The van der Waals surface area contributed by atoms with Gasteiger partial charge in [0, 0.05) is 6.54 Å². The maximum absolute atomic E-state index is 5.76. The Labute approximate surface area is 122 Å². The summed E-state index contributed by atoms with van der Waals surface area (Å²) in [7, 11) is 0. The number of benzene rings is 1. The van der Waals surface area contributed by atoms with Crippen LogP contribution in [0.5, 0.6) is 0 Å². The highest BCUT2D eigenvalue weighted by Gasteiger charge is 2.17. The minimum Gasteiger partial charge on any atom is -0.342 e. The van der Waals surface area contributed by atoms with Crippen LogP contribution in [0.3, 0.4) is 0 Å². The van der Waals surface area contributed by atoms with Gasteiger partial charge >= 0.3 is 0 Å². The van der Waals surface area contributed by atoms with Gasteiger partial charge in [-0.15, -0.1) is 0 Å². The molecule has 1 atom stereocenters. The lowest BCUT2D eigenvalue weighted by molar-refractivity contribution is 0.344. The molecule has 6 nitrogen and oxygen atoms in total. The molecule has 0 radical (unpaired) electrons. The van der Waals surface area contributed by atoms with E-state index in [0.717, 1.165) is 29.7 Å². The van der Waals surface area contributed by atoms with Crippen molar-refractivity contribution >= 4 is 11.0 Å². The molecule has 0 aliphatic heterocycles. The first-order valence-electron chi connectivity index (χ1n) is 7.26. The lowest BCUT2D eigenvalue weighted by Crippen LogP contribution is -2.12. The highest BCUT2D eigenvalue weighted by molar-refractivity contribution is 5.74. The summed E-state index contributed by atoms with van der Waals surface area (Å²) >= 11 is 0. The molecule has 0 amide bonds. The number of nitrogens with one attached hydrogen (secondary N) is 1. The molecule has 0 aliphatic carbocycles. The lowest BCUT2D eigenvalue weighted by Gasteiger charge is -2.06. The average Bonchev–Trinajstić information content (AvgIpc) is 3.11. The van der Waals surface area contributed by atoms with Crippen molar-refractivity contribution in [1.82, 2.24) is 20.1 Å². The van der Waals surface area contributed by atoms with Crippen LogP contribution in [-0.4, -0.2) is 26.7 Å². The second-order valence-corrected chi connectivity index (χ2v) is 5.15. The molecule has 0 aliphatic rings. The SMILES string of the molecule is CCCC(CN)c1nc(Cc2nc3ccccc3[nH]2)no1. The molecule has 21 heavy (non-hydrogen) atoms. The zero-order chi connectivity index (χ0) is 14.7. The van der Waals surface area contributed by atoms with E-state index in [1.807, 2.05) is 24.3 Å². The summed E-state index contributed by atoms with van der Waals surface area (Å²) in [5.74, 6) is 2.25. The van der Waals surface area contributed by atoms with Crippen LogP contribution in [-0.2, 0) is 6.42 Å². The van der Waals surface area contributed by atoms with Crippen molar-refractivity contribution in [3.8, 4) is 0 Å². The van der Waals surface area contributed by atoms with Crippen LogP contribution in [0.15, 0.2) is 28.8 Å². The third-order valence-corrected chi connectivity index (χ3v) is 3.52. The van der Waals surface area contributed by atoms with E-state index in [9.17, 15) is 0 Å². The van der Waals surface area contributed by atoms with Crippen molar-refractivity contribution in [3.63, 3.8) is 0 Å². The summed E-state index contributed by atoms with van der Waals surface area (Å²) in [6, 6.07) is 7.92. The van der Waals surface area contributed by atoms with Crippen LogP contribution in [0, 0.1) is 0 Å². The summed E-state index contributed by atoms with van der Waals surface area (Å²) in [5, 5.41) is 4.03. The van der Waals surface area contributed by atoms with Crippen molar-refractivity contribution in [2.75, 3.05) is 6.54 Å². The van der Waals surface area contributed by atoms with E-state index < -0.39 is 0 Å². The third kappa shape index (κ3) is 2.95. The second-order valence-electron chi connectivity index (χ2n) is 5.15. The fraction of sp³-hybridized carbons (Fsp3) is 0.400. The Morgan fingerprint density at radius 2 is 2.14 bits per heavy atom. The number of imidazole rings is 1. The van der Waals surface area contributed by atoms with Gasteiger partial charge in [-0.2, -0.15) is 4.98 Å². The molecule has 0 fully saturated rings. The maximum atomic E-state index is 5.76. The Morgan fingerprint density at radius 3 is 2.90 bits per heavy atom. The van der Waals surface area contributed by atoms with E-state index in [4.69, 9.17) is 10.3 Å². The summed E-state index contributed by atoms with van der Waals surface area (Å²) < 4.78 is 5.33. The van der Waals surface area contributed by atoms with Crippen molar-refractivity contribution < 1.29 is 4.52 Å². The molecule has 1 unspecified atom stereocenters. The summed E-state index contributed by atoms with van der Waals surface area (Å²) in [6.07, 6.45) is 2.54. The molecule has 3 aromatic rings. The van der Waals surface area contributed by atoms with E-state index in [1.54, 1.807) is 0 Å². The van der Waals surface area contributed by atoms with Crippen LogP contribution in [0.25, 0.3) is 11.0 Å².